The normalized spacial score (nSPS) is 23.9. The minimum atomic E-state index is -0.403. The highest BCUT2D eigenvalue weighted by atomic mass is 16.7. The van der Waals surface area contributed by atoms with Gasteiger partial charge in [-0.3, -0.25) is 0 Å². The Labute approximate surface area is 121 Å². The first-order valence-corrected chi connectivity index (χ1v) is 7.24. The van der Waals surface area contributed by atoms with E-state index < -0.39 is 7.12 Å². The van der Waals surface area contributed by atoms with Crippen molar-refractivity contribution in [2.24, 2.45) is 0 Å². The summed E-state index contributed by atoms with van der Waals surface area (Å²) >= 11 is 0. The summed E-state index contributed by atoms with van der Waals surface area (Å²) in [6.45, 7) is 8.25. The lowest BCUT2D eigenvalue weighted by molar-refractivity contribution is 0.00578. The largest absolute Gasteiger partial charge is 0.500 e. The zero-order valence-corrected chi connectivity index (χ0v) is 12.9. The Balaban J connectivity index is 2.02. The van der Waals surface area contributed by atoms with Crippen molar-refractivity contribution in [3.63, 3.8) is 0 Å². The third kappa shape index (κ3) is 2.13. The van der Waals surface area contributed by atoms with Crippen LogP contribution in [0, 0.1) is 0 Å². The molecule has 0 radical (unpaired) electrons. The molecule has 2 aliphatic rings. The highest BCUT2D eigenvalue weighted by Gasteiger charge is 2.53. The molecule has 0 atom stereocenters. The number of aromatic nitrogens is 1. The van der Waals surface area contributed by atoms with Gasteiger partial charge in [0.1, 0.15) is 0 Å². The fourth-order valence-electron chi connectivity index (χ4n) is 2.58. The standard InChI is InChI=1S/C15H22BNO3/c1-14(2)15(3,4)20-16(19-14)12-11(10-6-7-10)8-9-17-13(12)18-5/h8-10H,6-7H2,1-5H3. The minimum Gasteiger partial charge on any atom is -0.481 e. The van der Waals surface area contributed by atoms with Crippen LogP contribution in [0.15, 0.2) is 12.3 Å². The SMILES string of the molecule is COc1nccc(C2CC2)c1B1OC(C)(C)C(C)(C)O1. The van der Waals surface area contributed by atoms with E-state index in [0.29, 0.717) is 11.8 Å². The number of rotatable bonds is 3. The summed E-state index contributed by atoms with van der Waals surface area (Å²) in [4.78, 5) is 4.33. The van der Waals surface area contributed by atoms with E-state index in [1.807, 2.05) is 0 Å². The Morgan fingerprint density at radius 3 is 2.30 bits per heavy atom. The van der Waals surface area contributed by atoms with Gasteiger partial charge in [-0.15, -0.1) is 0 Å². The fraction of sp³-hybridized carbons (Fsp3) is 0.667. The zero-order valence-electron chi connectivity index (χ0n) is 12.9. The molecule has 2 fully saturated rings. The van der Waals surface area contributed by atoms with Gasteiger partial charge in [-0.25, -0.2) is 4.98 Å². The molecule has 0 unspecified atom stereocenters. The van der Waals surface area contributed by atoms with Gasteiger partial charge in [0.2, 0.25) is 5.88 Å². The molecule has 1 aliphatic heterocycles. The summed E-state index contributed by atoms with van der Waals surface area (Å²) < 4.78 is 17.8. The first-order chi connectivity index (χ1) is 9.36. The summed E-state index contributed by atoms with van der Waals surface area (Å²) in [7, 11) is 1.24. The van der Waals surface area contributed by atoms with Crippen molar-refractivity contribution in [3.05, 3.63) is 17.8 Å². The van der Waals surface area contributed by atoms with E-state index in [9.17, 15) is 0 Å². The Kier molecular flexibility index (Phi) is 3.10. The van der Waals surface area contributed by atoms with Crippen LogP contribution in [-0.4, -0.2) is 30.4 Å². The second-order valence-electron chi connectivity index (χ2n) is 6.69. The van der Waals surface area contributed by atoms with Crippen molar-refractivity contribution in [3.8, 4) is 5.88 Å². The van der Waals surface area contributed by atoms with Crippen molar-refractivity contribution in [2.75, 3.05) is 7.11 Å². The van der Waals surface area contributed by atoms with Crippen LogP contribution in [0.4, 0.5) is 0 Å². The predicted octanol–water partition coefficient (Wildman–Crippen LogP) is 2.27. The molecule has 2 heterocycles. The minimum absolute atomic E-state index is 0.348. The average Bonchev–Trinajstić information content (AvgIpc) is 3.17. The molecule has 3 rings (SSSR count). The third-order valence-electron chi connectivity index (χ3n) is 4.69. The molecule has 0 amide bonds. The monoisotopic (exact) mass is 275 g/mol. The van der Waals surface area contributed by atoms with Gasteiger partial charge in [0.15, 0.2) is 0 Å². The van der Waals surface area contributed by atoms with Crippen molar-refractivity contribution < 1.29 is 14.0 Å². The maximum Gasteiger partial charge on any atom is 0.500 e. The molecule has 0 N–H and O–H groups in total. The van der Waals surface area contributed by atoms with Crippen molar-refractivity contribution in [1.82, 2.24) is 4.98 Å². The van der Waals surface area contributed by atoms with Crippen LogP contribution in [0.25, 0.3) is 0 Å². The second-order valence-corrected chi connectivity index (χ2v) is 6.69. The molecular formula is C15H22BNO3. The van der Waals surface area contributed by atoms with Gasteiger partial charge in [0.05, 0.1) is 18.3 Å². The van der Waals surface area contributed by atoms with Gasteiger partial charge in [0, 0.05) is 11.7 Å². The van der Waals surface area contributed by atoms with Crippen LogP contribution < -0.4 is 10.2 Å². The summed E-state index contributed by atoms with van der Waals surface area (Å²) in [5.74, 6) is 1.22. The number of methoxy groups -OCH3 is 1. The van der Waals surface area contributed by atoms with E-state index in [1.54, 1.807) is 13.3 Å². The van der Waals surface area contributed by atoms with Crippen LogP contribution in [0.1, 0.15) is 52.0 Å². The fourth-order valence-corrected chi connectivity index (χ4v) is 2.58. The third-order valence-corrected chi connectivity index (χ3v) is 4.69. The van der Waals surface area contributed by atoms with Gasteiger partial charge >= 0.3 is 7.12 Å². The molecule has 108 valence electrons. The van der Waals surface area contributed by atoms with E-state index in [1.165, 1.54) is 18.4 Å². The van der Waals surface area contributed by atoms with Gasteiger partial charge in [0.25, 0.3) is 0 Å². The summed E-state index contributed by atoms with van der Waals surface area (Å²) in [6, 6.07) is 2.07. The molecule has 1 aromatic rings. The second kappa shape index (κ2) is 4.47. The molecule has 0 spiro atoms. The molecule has 4 nitrogen and oxygen atoms in total. The molecule has 1 saturated heterocycles. The molecule has 1 saturated carbocycles. The molecule has 1 aliphatic carbocycles. The van der Waals surface area contributed by atoms with Crippen molar-refractivity contribution in [2.45, 2.75) is 57.7 Å². The summed E-state index contributed by atoms with van der Waals surface area (Å²) in [6.07, 6.45) is 4.25. The van der Waals surface area contributed by atoms with Crippen LogP contribution in [0.3, 0.4) is 0 Å². The number of nitrogens with zero attached hydrogens (tertiary/aromatic N) is 1. The Morgan fingerprint density at radius 2 is 1.80 bits per heavy atom. The van der Waals surface area contributed by atoms with Gasteiger partial charge in [-0.05, 0) is 58.1 Å². The first kappa shape index (κ1) is 13.9. The van der Waals surface area contributed by atoms with Gasteiger partial charge < -0.3 is 14.0 Å². The predicted molar refractivity (Wildman–Crippen MR) is 78.5 cm³/mol. The molecule has 1 aromatic heterocycles. The molecular weight excluding hydrogens is 253 g/mol. The number of pyridine rings is 1. The van der Waals surface area contributed by atoms with E-state index in [-0.39, 0.29) is 11.2 Å². The van der Waals surface area contributed by atoms with E-state index >= 15 is 0 Å². The first-order valence-electron chi connectivity index (χ1n) is 7.24. The quantitative estimate of drug-likeness (QED) is 0.793. The smallest absolute Gasteiger partial charge is 0.481 e. The van der Waals surface area contributed by atoms with Crippen LogP contribution in [0.2, 0.25) is 0 Å². The van der Waals surface area contributed by atoms with Crippen LogP contribution in [0.5, 0.6) is 5.88 Å². The van der Waals surface area contributed by atoms with Gasteiger partial charge in [-0.1, -0.05) is 0 Å². The van der Waals surface area contributed by atoms with Crippen LogP contribution >= 0.6 is 0 Å². The molecule has 5 heteroatoms. The summed E-state index contributed by atoms with van der Waals surface area (Å²) in [5.41, 5.74) is 1.53. The lowest BCUT2D eigenvalue weighted by atomic mass is 9.75. The Hall–Kier alpha value is -1.07. The number of hydrogen-bond donors (Lipinski definition) is 0. The Bertz CT molecular complexity index is 510. The lowest BCUT2D eigenvalue weighted by Crippen LogP contribution is -2.41. The van der Waals surface area contributed by atoms with E-state index in [0.717, 1.165) is 5.46 Å². The maximum atomic E-state index is 6.17. The average molecular weight is 275 g/mol. The Morgan fingerprint density at radius 1 is 1.20 bits per heavy atom. The highest BCUT2D eigenvalue weighted by Crippen LogP contribution is 2.42. The van der Waals surface area contributed by atoms with Crippen molar-refractivity contribution >= 4 is 12.6 Å². The number of ether oxygens (including phenoxy) is 1. The molecule has 20 heavy (non-hydrogen) atoms. The highest BCUT2D eigenvalue weighted by molar-refractivity contribution is 6.63. The molecule has 0 aromatic carbocycles. The van der Waals surface area contributed by atoms with Crippen molar-refractivity contribution in [1.29, 1.82) is 0 Å². The van der Waals surface area contributed by atoms with Crippen LogP contribution in [-0.2, 0) is 9.31 Å². The summed E-state index contributed by atoms with van der Waals surface area (Å²) in [5, 5.41) is 0. The van der Waals surface area contributed by atoms with Gasteiger partial charge in [-0.2, -0.15) is 0 Å². The van der Waals surface area contributed by atoms with E-state index in [4.69, 9.17) is 14.0 Å². The zero-order chi connectivity index (χ0) is 14.5. The van der Waals surface area contributed by atoms with E-state index in [2.05, 4.69) is 38.7 Å². The number of hydrogen-bond acceptors (Lipinski definition) is 4. The molecule has 0 bridgehead atoms. The maximum absolute atomic E-state index is 6.17. The lowest BCUT2D eigenvalue weighted by Gasteiger charge is -2.32. The topological polar surface area (TPSA) is 40.6 Å².